The third kappa shape index (κ3) is 4.64. The number of rotatable bonds is 8. The fraction of sp³-hybridized carbons (Fsp3) is 0.423. The zero-order valence-electron chi connectivity index (χ0n) is 21.5. The minimum Gasteiger partial charge on any atom is -0.361 e. The Bertz CT molecular complexity index is 1710. The molecule has 6 rings (SSSR count). The van der Waals surface area contributed by atoms with Crippen LogP contribution in [-0.2, 0) is 16.3 Å². The first-order valence-corrected chi connectivity index (χ1v) is 14.7. The van der Waals surface area contributed by atoms with E-state index >= 15 is 0 Å². The van der Waals surface area contributed by atoms with E-state index in [0.29, 0.717) is 35.4 Å². The van der Waals surface area contributed by atoms with Gasteiger partial charge in [0.2, 0.25) is 0 Å². The van der Waals surface area contributed by atoms with Gasteiger partial charge >= 0.3 is 0 Å². The highest BCUT2D eigenvalue weighted by molar-refractivity contribution is 7.91. The summed E-state index contributed by atoms with van der Waals surface area (Å²) in [6.07, 6.45) is 10.5. The molecule has 12 heteroatoms. The quantitative estimate of drug-likeness (QED) is 0.345. The summed E-state index contributed by atoms with van der Waals surface area (Å²) in [6.45, 7) is 4.29. The predicted molar refractivity (Wildman–Crippen MR) is 143 cm³/mol. The van der Waals surface area contributed by atoms with Crippen molar-refractivity contribution in [1.82, 2.24) is 34.5 Å². The van der Waals surface area contributed by atoms with Crippen LogP contribution >= 0.6 is 0 Å². The van der Waals surface area contributed by atoms with Crippen molar-refractivity contribution in [2.45, 2.75) is 63.1 Å². The molecule has 0 saturated heterocycles. The maximum atomic E-state index is 13.7. The van der Waals surface area contributed by atoms with Gasteiger partial charge in [-0.3, -0.25) is 9.36 Å². The molecule has 0 bridgehead atoms. The van der Waals surface area contributed by atoms with E-state index in [0.717, 1.165) is 48.2 Å². The van der Waals surface area contributed by atoms with Gasteiger partial charge in [0, 0.05) is 31.0 Å². The number of aryl methyl sites for hydroxylation is 1. The highest BCUT2D eigenvalue weighted by Crippen LogP contribution is 2.43. The lowest BCUT2D eigenvalue weighted by Gasteiger charge is -2.19. The van der Waals surface area contributed by atoms with E-state index in [9.17, 15) is 9.00 Å². The number of aromatic nitrogens is 7. The molecule has 2 aliphatic rings. The zero-order valence-corrected chi connectivity index (χ0v) is 22.3. The van der Waals surface area contributed by atoms with Crippen LogP contribution in [0.4, 0.5) is 5.82 Å². The van der Waals surface area contributed by atoms with E-state index in [-0.39, 0.29) is 22.4 Å². The van der Waals surface area contributed by atoms with Crippen LogP contribution in [0, 0.1) is 17.6 Å². The van der Waals surface area contributed by atoms with Gasteiger partial charge in [-0.25, -0.2) is 38.9 Å². The largest absolute Gasteiger partial charge is 0.361 e. The molecular formula is C26H29N9O2S. The molecular weight excluding hydrogens is 502 g/mol. The van der Waals surface area contributed by atoms with Gasteiger partial charge in [0.15, 0.2) is 17.3 Å². The van der Waals surface area contributed by atoms with Crippen LogP contribution in [0.3, 0.4) is 0 Å². The first kappa shape index (κ1) is 24.5. The Morgan fingerprint density at radius 3 is 2.55 bits per heavy atom. The molecule has 2 N–H and O–H groups in total. The molecule has 4 heterocycles. The molecule has 2 aliphatic carbocycles. The summed E-state index contributed by atoms with van der Waals surface area (Å²) in [6, 6.07) is 3.29. The first-order valence-electron chi connectivity index (χ1n) is 12.7. The molecule has 2 atom stereocenters. The Morgan fingerprint density at radius 1 is 1.11 bits per heavy atom. The van der Waals surface area contributed by atoms with Crippen molar-refractivity contribution in [3.8, 4) is 11.4 Å². The minimum atomic E-state index is -2.88. The Morgan fingerprint density at radius 2 is 1.89 bits per heavy atom. The summed E-state index contributed by atoms with van der Waals surface area (Å²) in [5, 5.41) is 3.37. The van der Waals surface area contributed by atoms with Crippen molar-refractivity contribution in [2.24, 2.45) is 5.92 Å². The molecule has 4 aromatic heterocycles. The van der Waals surface area contributed by atoms with E-state index in [1.54, 1.807) is 35.4 Å². The summed E-state index contributed by atoms with van der Waals surface area (Å²) < 4.78 is 21.3. The third-order valence-electron chi connectivity index (χ3n) is 7.25. The van der Waals surface area contributed by atoms with Gasteiger partial charge in [0.1, 0.15) is 16.9 Å². The monoisotopic (exact) mass is 531 g/mol. The number of hydrogen-bond donors (Lipinski definition) is 2. The summed E-state index contributed by atoms with van der Waals surface area (Å²) in [5.41, 5.74) is 4.21. The van der Waals surface area contributed by atoms with Crippen molar-refractivity contribution < 1.29 is 4.21 Å². The van der Waals surface area contributed by atoms with E-state index in [2.05, 4.69) is 37.2 Å². The summed E-state index contributed by atoms with van der Waals surface area (Å²) in [4.78, 5) is 40.9. The maximum Gasteiger partial charge on any atom is 0.295 e. The lowest BCUT2D eigenvalue weighted by molar-refractivity contribution is 0.482. The second-order valence-corrected chi connectivity index (χ2v) is 12.4. The van der Waals surface area contributed by atoms with Crippen LogP contribution in [0.15, 0.2) is 40.7 Å². The molecule has 2 saturated carbocycles. The van der Waals surface area contributed by atoms with Crippen LogP contribution in [0.5, 0.6) is 0 Å². The topological polar surface area (TPSA) is 152 Å². The van der Waals surface area contributed by atoms with Gasteiger partial charge < -0.3 is 5.32 Å². The second-order valence-electron chi connectivity index (χ2n) is 10.3. The molecule has 4 aromatic rings. The van der Waals surface area contributed by atoms with E-state index in [4.69, 9.17) is 9.76 Å². The van der Waals surface area contributed by atoms with Crippen molar-refractivity contribution >= 4 is 26.7 Å². The first-order chi connectivity index (χ1) is 18.2. The van der Waals surface area contributed by atoms with Crippen LogP contribution in [0.2, 0.25) is 0 Å². The minimum absolute atomic E-state index is 0.0389. The Balaban J connectivity index is 1.40. The van der Waals surface area contributed by atoms with Gasteiger partial charge in [-0.05, 0) is 57.1 Å². The molecule has 11 nitrogen and oxygen atoms in total. The Kier molecular flexibility index (Phi) is 5.93. The second kappa shape index (κ2) is 9.19. The van der Waals surface area contributed by atoms with Gasteiger partial charge in [0.25, 0.3) is 5.56 Å². The molecule has 1 unspecified atom stereocenters. The lowest BCUT2D eigenvalue weighted by atomic mass is 10.1. The van der Waals surface area contributed by atoms with Gasteiger partial charge in [-0.15, -0.1) is 0 Å². The molecule has 196 valence electrons. The normalized spacial score (nSPS) is 17.8. The SMILES string of the molecule is Cc1ncnc(C2CC2)c1-c1ncc2nc(NCc3ccc(S(C)(=N)=O)nc3)c(=O)n([C@@H](C)C3CC3)c2n1. The lowest BCUT2D eigenvalue weighted by Crippen LogP contribution is -2.29. The summed E-state index contributed by atoms with van der Waals surface area (Å²) in [7, 11) is -2.88. The number of pyridine rings is 1. The molecule has 0 radical (unpaired) electrons. The van der Waals surface area contributed by atoms with Crippen molar-refractivity contribution in [1.29, 1.82) is 4.78 Å². The average Bonchev–Trinajstić information content (AvgIpc) is 3.80. The van der Waals surface area contributed by atoms with Crippen LogP contribution in [-0.4, -0.2) is 44.9 Å². The standard InChI is InChI=1S/C26H29N9O2S/c1-14-21(22(18-7-8-18)32-13-31-14)23-30-12-19-25(34-23)35(15(2)17-5-6-17)26(36)24(33-19)29-11-16-4-9-20(28-10-16)38(3,27)37/h4,9-10,12-13,15,17-18,27H,5-8,11H2,1-3H3,(H,29,33)/t15-,38?/m0/s1. The van der Waals surface area contributed by atoms with Gasteiger partial charge in [-0.2, -0.15) is 0 Å². The Hall–Kier alpha value is -3.80. The number of anilines is 1. The molecule has 0 amide bonds. The van der Waals surface area contributed by atoms with E-state index in [1.807, 2.05) is 6.92 Å². The predicted octanol–water partition coefficient (Wildman–Crippen LogP) is 3.84. The third-order valence-corrected chi connectivity index (χ3v) is 8.29. The molecule has 38 heavy (non-hydrogen) atoms. The zero-order chi connectivity index (χ0) is 26.6. The van der Waals surface area contributed by atoms with E-state index < -0.39 is 9.73 Å². The number of nitrogens with one attached hydrogen (secondary N) is 2. The van der Waals surface area contributed by atoms with Crippen LogP contribution in [0.1, 0.15) is 61.5 Å². The van der Waals surface area contributed by atoms with Crippen molar-refractivity contribution in [3.05, 3.63) is 58.2 Å². The number of fused-ring (bicyclic) bond motifs is 1. The molecule has 0 spiro atoms. The number of nitrogens with zero attached hydrogens (tertiary/aromatic N) is 7. The number of hydrogen-bond acceptors (Lipinski definition) is 10. The highest BCUT2D eigenvalue weighted by atomic mass is 32.2. The maximum absolute atomic E-state index is 13.7. The average molecular weight is 532 g/mol. The van der Waals surface area contributed by atoms with Gasteiger partial charge in [-0.1, -0.05) is 6.07 Å². The molecule has 0 aromatic carbocycles. The summed E-state index contributed by atoms with van der Waals surface area (Å²) in [5.74, 6) is 1.54. The van der Waals surface area contributed by atoms with Crippen LogP contribution < -0.4 is 10.9 Å². The fourth-order valence-electron chi connectivity index (χ4n) is 4.77. The van der Waals surface area contributed by atoms with Crippen molar-refractivity contribution in [2.75, 3.05) is 11.6 Å². The Labute approximate surface area is 220 Å². The smallest absolute Gasteiger partial charge is 0.295 e. The van der Waals surface area contributed by atoms with Crippen molar-refractivity contribution in [3.63, 3.8) is 0 Å². The van der Waals surface area contributed by atoms with E-state index in [1.165, 1.54) is 6.26 Å². The highest BCUT2D eigenvalue weighted by Gasteiger charge is 2.33. The molecule has 2 fully saturated rings. The van der Waals surface area contributed by atoms with Gasteiger partial charge in [0.05, 0.1) is 32.9 Å². The summed E-state index contributed by atoms with van der Waals surface area (Å²) >= 11 is 0. The molecule has 0 aliphatic heterocycles. The van der Waals surface area contributed by atoms with Crippen LogP contribution in [0.25, 0.3) is 22.6 Å². The fourth-order valence-corrected chi connectivity index (χ4v) is 5.35.